The fraction of sp³-hybridized carbons (Fsp3) is 0.364. The van der Waals surface area contributed by atoms with E-state index in [1.165, 1.54) is 6.07 Å². The maximum atomic E-state index is 11.6. The Morgan fingerprint density at radius 3 is 2.45 bits per heavy atom. The fourth-order valence-corrected chi connectivity index (χ4v) is 1.40. The number of ether oxygens (including phenoxy) is 1. The predicted molar refractivity (Wildman–Crippen MR) is 72.8 cm³/mol. The summed E-state index contributed by atoms with van der Waals surface area (Å²) >= 11 is 0. The van der Waals surface area contributed by atoms with Crippen LogP contribution < -0.4 is 10.8 Å². The van der Waals surface area contributed by atoms with Crippen molar-refractivity contribution in [2.24, 2.45) is 0 Å². The number of nitro benzene ring substituents is 1. The number of rotatable bonds is 3. The molecule has 0 radical (unpaired) electrons. The minimum absolute atomic E-state index is 0.0276. The number of amides is 1. The van der Waals surface area contributed by atoms with Crippen LogP contribution in [0.25, 0.3) is 0 Å². The van der Waals surface area contributed by atoms with E-state index in [1.807, 2.05) is 0 Å². The molecule has 0 saturated heterocycles. The van der Waals surface area contributed by atoms with Gasteiger partial charge in [0, 0.05) is 23.3 Å². The predicted octanol–water partition coefficient (Wildman–Crippen LogP) is 0.622. The van der Waals surface area contributed by atoms with Gasteiger partial charge in [-0.2, -0.15) is 0 Å². The van der Waals surface area contributed by atoms with Crippen LogP contribution in [0, 0.1) is 10.1 Å². The highest BCUT2D eigenvalue weighted by molar-refractivity contribution is 6.60. The molecule has 1 rings (SSSR count). The number of anilines is 1. The molecule has 1 aromatic carbocycles. The number of hydrogen-bond donors (Lipinski definition) is 3. The van der Waals surface area contributed by atoms with Gasteiger partial charge in [0.05, 0.1) is 4.92 Å². The Morgan fingerprint density at radius 1 is 1.40 bits per heavy atom. The molecule has 3 N–H and O–H groups in total. The molecule has 9 heteroatoms. The number of non-ortho nitro benzene ring substituents is 1. The van der Waals surface area contributed by atoms with E-state index in [4.69, 9.17) is 4.74 Å². The van der Waals surface area contributed by atoms with Crippen molar-refractivity contribution in [2.75, 3.05) is 5.32 Å². The first-order chi connectivity index (χ1) is 9.10. The second kappa shape index (κ2) is 5.89. The van der Waals surface area contributed by atoms with Crippen molar-refractivity contribution in [1.82, 2.24) is 0 Å². The quantitative estimate of drug-likeness (QED) is 0.424. The van der Waals surface area contributed by atoms with Crippen molar-refractivity contribution in [3.05, 3.63) is 28.3 Å². The second-order valence-electron chi connectivity index (χ2n) is 5.03. The number of nitro groups is 1. The normalized spacial score (nSPS) is 10.8. The Hall–Kier alpha value is -2.13. The van der Waals surface area contributed by atoms with Crippen LogP contribution in [0.4, 0.5) is 16.2 Å². The molecule has 0 aliphatic carbocycles. The van der Waals surface area contributed by atoms with Crippen molar-refractivity contribution >= 4 is 30.0 Å². The minimum Gasteiger partial charge on any atom is -0.444 e. The van der Waals surface area contributed by atoms with Gasteiger partial charge in [0.15, 0.2) is 0 Å². The van der Waals surface area contributed by atoms with Gasteiger partial charge >= 0.3 is 13.2 Å². The summed E-state index contributed by atoms with van der Waals surface area (Å²) in [6.07, 6.45) is -0.798. The highest BCUT2D eigenvalue weighted by Gasteiger charge is 2.23. The monoisotopic (exact) mass is 282 g/mol. The highest BCUT2D eigenvalue weighted by Crippen LogP contribution is 2.15. The van der Waals surface area contributed by atoms with E-state index in [9.17, 15) is 25.0 Å². The van der Waals surface area contributed by atoms with Crippen LogP contribution in [0.5, 0.6) is 0 Å². The zero-order valence-corrected chi connectivity index (χ0v) is 11.3. The number of carbonyl (C=O) groups excluding carboxylic acids is 1. The van der Waals surface area contributed by atoms with E-state index in [0.29, 0.717) is 0 Å². The standard InChI is InChI=1S/C11H15BN2O6/c1-11(2,3)20-10(15)13-9-5-4-7(14(18)19)6-8(9)12(16)17/h4-6,16-17H,1-3H3,(H,13,15). The largest absolute Gasteiger partial charge is 0.490 e. The average Bonchev–Trinajstić information content (AvgIpc) is 2.25. The van der Waals surface area contributed by atoms with Crippen molar-refractivity contribution in [1.29, 1.82) is 0 Å². The molecule has 0 aliphatic rings. The van der Waals surface area contributed by atoms with E-state index in [1.54, 1.807) is 20.8 Å². The molecule has 0 spiro atoms. The maximum absolute atomic E-state index is 11.6. The van der Waals surface area contributed by atoms with Crippen molar-refractivity contribution in [2.45, 2.75) is 26.4 Å². The van der Waals surface area contributed by atoms with Gasteiger partial charge in [-0.1, -0.05) is 0 Å². The Labute approximate surface area is 115 Å². The molecule has 1 amide bonds. The molecular weight excluding hydrogens is 267 g/mol. The molecule has 0 bridgehead atoms. The van der Waals surface area contributed by atoms with Crippen LogP contribution in [0.2, 0.25) is 0 Å². The lowest BCUT2D eigenvalue weighted by Gasteiger charge is -2.20. The van der Waals surface area contributed by atoms with Crippen molar-refractivity contribution in [3.8, 4) is 0 Å². The molecule has 0 unspecified atom stereocenters. The lowest BCUT2D eigenvalue weighted by atomic mass is 9.78. The first-order valence-corrected chi connectivity index (χ1v) is 5.74. The fourth-order valence-electron chi connectivity index (χ4n) is 1.40. The van der Waals surface area contributed by atoms with Gasteiger partial charge in [0.1, 0.15) is 5.60 Å². The van der Waals surface area contributed by atoms with Crippen molar-refractivity contribution in [3.63, 3.8) is 0 Å². The second-order valence-corrected chi connectivity index (χ2v) is 5.03. The average molecular weight is 282 g/mol. The van der Waals surface area contributed by atoms with E-state index >= 15 is 0 Å². The van der Waals surface area contributed by atoms with Gasteiger partial charge in [0.2, 0.25) is 0 Å². The third-order valence-electron chi connectivity index (χ3n) is 2.16. The number of hydrogen-bond acceptors (Lipinski definition) is 6. The van der Waals surface area contributed by atoms with Gasteiger partial charge in [-0.25, -0.2) is 4.79 Å². The van der Waals surface area contributed by atoms with E-state index in [2.05, 4.69) is 5.32 Å². The van der Waals surface area contributed by atoms with Crippen molar-refractivity contribution < 1.29 is 24.5 Å². The van der Waals surface area contributed by atoms with Gasteiger partial charge in [-0.3, -0.25) is 15.4 Å². The zero-order chi connectivity index (χ0) is 15.5. The Morgan fingerprint density at radius 2 is 2.00 bits per heavy atom. The first-order valence-electron chi connectivity index (χ1n) is 5.74. The van der Waals surface area contributed by atoms with E-state index < -0.39 is 23.7 Å². The van der Waals surface area contributed by atoms with E-state index in [0.717, 1.165) is 12.1 Å². The molecule has 0 aliphatic heterocycles. The SMILES string of the molecule is CC(C)(C)OC(=O)Nc1ccc([N+](=O)[O-])cc1B(O)O. The van der Waals surface area contributed by atoms with Gasteiger partial charge in [-0.15, -0.1) is 0 Å². The summed E-state index contributed by atoms with van der Waals surface area (Å²) in [5.41, 5.74) is -1.20. The number of carbonyl (C=O) groups is 1. The molecule has 0 heterocycles. The highest BCUT2D eigenvalue weighted by atomic mass is 16.6. The van der Waals surface area contributed by atoms with Crippen LogP contribution in [0.1, 0.15) is 20.8 Å². The maximum Gasteiger partial charge on any atom is 0.490 e. The molecule has 0 atom stereocenters. The topological polar surface area (TPSA) is 122 Å². The molecule has 0 saturated carbocycles. The van der Waals surface area contributed by atoms with Crippen LogP contribution in [-0.2, 0) is 4.74 Å². The molecule has 8 nitrogen and oxygen atoms in total. The third kappa shape index (κ3) is 4.52. The summed E-state index contributed by atoms with van der Waals surface area (Å²) in [5, 5.41) is 31.3. The van der Waals surface area contributed by atoms with Gasteiger partial charge in [0.25, 0.3) is 5.69 Å². The number of nitrogens with one attached hydrogen (secondary N) is 1. The summed E-state index contributed by atoms with van der Waals surface area (Å²) < 4.78 is 5.01. The molecule has 0 fully saturated rings. The van der Waals surface area contributed by atoms with Crippen LogP contribution in [-0.4, -0.2) is 33.8 Å². The molecule has 20 heavy (non-hydrogen) atoms. The smallest absolute Gasteiger partial charge is 0.444 e. The van der Waals surface area contributed by atoms with Crippen LogP contribution in [0.15, 0.2) is 18.2 Å². The summed E-state index contributed by atoms with van der Waals surface area (Å²) in [6, 6.07) is 3.31. The third-order valence-corrected chi connectivity index (χ3v) is 2.16. The van der Waals surface area contributed by atoms with Crippen LogP contribution >= 0.6 is 0 Å². The first kappa shape index (κ1) is 15.9. The minimum atomic E-state index is -1.96. The summed E-state index contributed by atoms with van der Waals surface area (Å²) in [7, 11) is -1.96. The zero-order valence-electron chi connectivity index (χ0n) is 11.3. The summed E-state index contributed by atoms with van der Waals surface area (Å²) in [5.74, 6) is 0. The Kier molecular flexibility index (Phi) is 4.69. The van der Waals surface area contributed by atoms with Gasteiger partial charge < -0.3 is 14.8 Å². The van der Waals surface area contributed by atoms with E-state index in [-0.39, 0.29) is 16.8 Å². The molecular formula is C11H15BN2O6. The number of nitrogens with zero attached hydrogens (tertiary/aromatic N) is 1. The summed E-state index contributed by atoms with van der Waals surface area (Å²) in [4.78, 5) is 21.5. The lowest BCUT2D eigenvalue weighted by molar-refractivity contribution is -0.384. The Balaban J connectivity index is 3.00. The summed E-state index contributed by atoms with van der Waals surface area (Å²) in [6.45, 7) is 5.01. The Bertz CT molecular complexity index is 526. The molecule has 1 aromatic rings. The lowest BCUT2D eigenvalue weighted by Crippen LogP contribution is -2.35. The molecule has 108 valence electrons. The van der Waals surface area contributed by atoms with Crippen LogP contribution in [0.3, 0.4) is 0 Å². The molecule has 0 aromatic heterocycles. The number of benzene rings is 1. The van der Waals surface area contributed by atoms with Gasteiger partial charge in [-0.05, 0) is 26.8 Å².